The minimum Gasteiger partial charge on any atom is -0.334 e. The van der Waals surface area contributed by atoms with Gasteiger partial charge in [-0.3, -0.25) is 0 Å². The molecule has 18 heavy (non-hydrogen) atoms. The van der Waals surface area contributed by atoms with Crippen LogP contribution in [0.25, 0.3) is 11.5 Å². The maximum atomic E-state index is 6.11. The molecule has 2 N–H and O–H groups in total. The minimum absolute atomic E-state index is 0.0910. The summed E-state index contributed by atoms with van der Waals surface area (Å²) in [4.78, 5) is 4.38. The van der Waals surface area contributed by atoms with Crippen LogP contribution < -0.4 is 5.73 Å². The third kappa shape index (κ3) is 2.89. The van der Waals surface area contributed by atoms with Gasteiger partial charge < -0.3 is 10.3 Å². The van der Waals surface area contributed by atoms with Crippen molar-refractivity contribution in [2.75, 3.05) is 0 Å². The molecule has 0 amide bonds. The third-order valence-corrected chi connectivity index (χ3v) is 3.40. The van der Waals surface area contributed by atoms with Gasteiger partial charge in [-0.25, -0.2) is 0 Å². The number of benzene rings is 1. The second-order valence-electron chi connectivity index (χ2n) is 5.31. The van der Waals surface area contributed by atoms with Gasteiger partial charge in [-0.1, -0.05) is 32.0 Å². The lowest BCUT2D eigenvalue weighted by Crippen LogP contribution is -2.27. The highest BCUT2D eigenvalue weighted by atomic mass is 127. The van der Waals surface area contributed by atoms with Crippen LogP contribution in [0, 0.1) is 8.99 Å². The van der Waals surface area contributed by atoms with E-state index in [1.165, 1.54) is 0 Å². The van der Waals surface area contributed by atoms with Crippen molar-refractivity contribution in [3.63, 3.8) is 0 Å². The highest BCUT2D eigenvalue weighted by molar-refractivity contribution is 14.1. The lowest BCUT2D eigenvalue weighted by molar-refractivity contribution is 0.303. The van der Waals surface area contributed by atoms with Crippen LogP contribution in [-0.2, 0) is 0 Å². The van der Waals surface area contributed by atoms with Crippen LogP contribution in [0.15, 0.2) is 28.8 Å². The summed E-state index contributed by atoms with van der Waals surface area (Å²) in [5.74, 6) is 1.07. The molecule has 96 valence electrons. The van der Waals surface area contributed by atoms with Gasteiger partial charge in [-0.15, -0.1) is 0 Å². The molecule has 0 saturated heterocycles. The standard InChI is InChI=1S/C13H16IN3O/c1-13(2,3)10(15)11-16-12(18-17-11)8-5-4-6-9(14)7-8/h4-7,10H,15H2,1-3H3. The molecule has 1 atom stereocenters. The Kier molecular flexibility index (Phi) is 3.72. The molecule has 0 bridgehead atoms. The van der Waals surface area contributed by atoms with Gasteiger partial charge in [0.2, 0.25) is 0 Å². The molecular formula is C13H16IN3O. The number of nitrogens with two attached hydrogens (primary N) is 1. The molecule has 1 aromatic carbocycles. The number of hydrogen-bond donors (Lipinski definition) is 1. The van der Waals surface area contributed by atoms with Crippen LogP contribution in [0.1, 0.15) is 32.6 Å². The van der Waals surface area contributed by atoms with Crippen LogP contribution in [0.3, 0.4) is 0 Å². The first-order valence-electron chi connectivity index (χ1n) is 5.73. The first-order chi connectivity index (χ1) is 8.38. The highest BCUT2D eigenvalue weighted by Gasteiger charge is 2.27. The maximum absolute atomic E-state index is 6.11. The molecule has 0 radical (unpaired) electrons. The average Bonchev–Trinajstić information content (AvgIpc) is 2.75. The van der Waals surface area contributed by atoms with Gasteiger partial charge in [0.05, 0.1) is 6.04 Å². The molecule has 0 spiro atoms. The molecular weight excluding hydrogens is 341 g/mol. The Labute approximate surface area is 120 Å². The van der Waals surface area contributed by atoms with Crippen molar-refractivity contribution in [2.45, 2.75) is 26.8 Å². The second-order valence-corrected chi connectivity index (χ2v) is 6.56. The largest absolute Gasteiger partial charge is 0.334 e. The number of aromatic nitrogens is 2. The maximum Gasteiger partial charge on any atom is 0.258 e. The van der Waals surface area contributed by atoms with Crippen LogP contribution in [0.2, 0.25) is 0 Å². The highest BCUT2D eigenvalue weighted by Crippen LogP contribution is 2.30. The van der Waals surface area contributed by atoms with Crippen LogP contribution in [0.5, 0.6) is 0 Å². The van der Waals surface area contributed by atoms with E-state index >= 15 is 0 Å². The Balaban J connectivity index is 2.31. The quantitative estimate of drug-likeness (QED) is 0.837. The van der Waals surface area contributed by atoms with Gasteiger partial charge >= 0.3 is 0 Å². The van der Waals surface area contributed by atoms with E-state index in [4.69, 9.17) is 10.3 Å². The summed E-state index contributed by atoms with van der Waals surface area (Å²) in [6, 6.07) is 7.69. The third-order valence-electron chi connectivity index (χ3n) is 2.72. The Bertz CT molecular complexity index is 545. The summed E-state index contributed by atoms with van der Waals surface area (Å²) in [5.41, 5.74) is 6.93. The van der Waals surface area contributed by atoms with Gasteiger partial charge in [0.25, 0.3) is 5.89 Å². The summed E-state index contributed by atoms with van der Waals surface area (Å²) in [6.45, 7) is 6.16. The summed E-state index contributed by atoms with van der Waals surface area (Å²) in [7, 11) is 0. The Morgan fingerprint density at radius 3 is 2.67 bits per heavy atom. The monoisotopic (exact) mass is 357 g/mol. The molecule has 0 aliphatic rings. The molecule has 0 aliphatic heterocycles. The summed E-state index contributed by atoms with van der Waals surface area (Å²) >= 11 is 2.25. The predicted octanol–water partition coefficient (Wildman–Crippen LogP) is 3.39. The van der Waals surface area contributed by atoms with E-state index in [0.717, 1.165) is 9.13 Å². The lowest BCUT2D eigenvalue weighted by atomic mass is 9.87. The van der Waals surface area contributed by atoms with Gasteiger partial charge in [0, 0.05) is 9.13 Å². The summed E-state index contributed by atoms with van der Waals surface area (Å²) < 4.78 is 6.41. The van der Waals surface area contributed by atoms with E-state index < -0.39 is 0 Å². The molecule has 1 aromatic heterocycles. The SMILES string of the molecule is CC(C)(C)C(N)c1noc(-c2cccc(I)c2)n1. The Morgan fingerprint density at radius 1 is 1.33 bits per heavy atom. The first-order valence-corrected chi connectivity index (χ1v) is 6.81. The van der Waals surface area contributed by atoms with E-state index in [1.54, 1.807) is 0 Å². The zero-order valence-electron chi connectivity index (χ0n) is 10.6. The fraction of sp³-hybridized carbons (Fsp3) is 0.385. The molecule has 0 aliphatic carbocycles. The van der Waals surface area contributed by atoms with Crippen molar-refractivity contribution >= 4 is 22.6 Å². The summed E-state index contributed by atoms with van der Waals surface area (Å²) in [5, 5.41) is 3.98. The van der Waals surface area contributed by atoms with E-state index in [1.807, 2.05) is 24.3 Å². The first kappa shape index (κ1) is 13.5. The Hall–Kier alpha value is -0.950. The van der Waals surface area contributed by atoms with Gasteiger partial charge in [0.15, 0.2) is 5.82 Å². The smallest absolute Gasteiger partial charge is 0.258 e. The van der Waals surface area contributed by atoms with Gasteiger partial charge in [-0.05, 0) is 46.2 Å². The number of halogens is 1. The van der Waals surface area contributed by atoms with Gasteiger partial charge in [0.1, 0.15) is 0 Å². The Morgan fingerprint density at radius 2 is 2.06 bits per heavy atom. The van der Waals surface area contributed by atoms with Gasteiger partial charge in [-0.2, -0.15) is 4.98 Å². The predicted molar refractivity (Wildman–Crippen MR) is 78.8 cm³/mol. The van der Waals surface area contributed by atoms with Crippen molar-refractivity contribution in [3.8, 4) is 11.5 Å². The number of hydrogen-bond acceptors (Lipinski definition) is 4. The molecule has 0 saturated carbocycles. The average molecular weight is 357 g/mol. The van der Waals surface area contributed by atoms with Crippen LogP contribution in [0.4, 0.5) is 0 Å². The summed E-state index contributed by atoms with van der Waals surface area (Å²) in [6.07, 6.45) is 0. The minimum atomic E-state index is -0.238. The normalized spacial score (nSPS) is 13.6. The van der Waals surface area contributed by atoms with Crippen molar-refractivity contribution in [3.05, 3.63) is 33.7 Å². The molecule has 1 unspecified atom stereocenters. The molecule has 0 fully saturated rings. The van der Waals surface area contributed by atoms with Crippen LogP contribution >= 0.6 is 22.6 Å². The zero-order valence-corrected chi connectivity index (χ0v) is 12.8. The second kappa shape index (κ2) is 4.97. The molecule has 1 heterocycles. The topological polar surface area (TPSA) is 64.9 Å². The van der Waals surface area contributed by atoms with E-state index in [0.29, 0.717) is 11.7 Å². The number of rotatable bonds is 2. The molecule has 5 heteroatoms. The van der Waals surface area contributed by atoms with Crippen molar-refractivity contribution in [2.24, 2.45) is 11.1 Å². The fourth-order valence-electron chi connectivity index (χ4n) is 1.49. The fourth-order valence-corrected chi connectivity index (χ4v) is 2.03. The number of nitrogens with zero attached hydrogens (tertiary/aromatic N) is 2. The van der Waals surface area contributed by atoms with Crippen molar-refractivity contribution < 1.29 is 4.52 Å². The molecule has 2 aromatic rings. The van der Waals surface area contributed by atoms with E-state index in [-0.39, 0.29) is 11.5 Å². The molecule has 4 nitrogen and oxygen atoms in total. The zero-order chi connectivity index (χ0) is 13.3. The van der Waals surface area contributed by atoms with E-state index in [9.17, 15) is 0 Å². The van der Waals surface area contributed by atoms with Crippen molar-refractivity contribution in [1.29, 1.82) is 0 Å². The van der Waals surface area contributed by atoms with Crippen LogP contribution in [-0.4, -0.2) is 10.1 Å². The molecule has 2 rings (SSSR count). The lowest BCUT2D eigenvalue weighted by Gasteiger charge is -2.23. The van der Waals surface area contributed by atoms with Crippen molar-refractivity contribution in [1.82, 2.24) is 10.1 Å². The van der Waals surface area contributed by atoms with E-state index in [2.05, 4.69) is 53.5 Å².